The smallest absolute Gasteiger partial charge is 0.137 e. The highest BCUT2D eigenvalue weighted by Gasteiger charge is 2.36. The molecule has 0 unspecified atom stereocenters. The second-order valence-electron chi connectivity index (χ2n) is 29.9. The first-order valence-electron chi connectivity index (χ1n) is 32.2. The van der Waals surface area contributed by atoms with Crippen molar-refractivity contribution < 1.29 is 4.74 Å². The van der Waals surface area contributed by atoms with Gasteiger partial charge in [0.2, 0.25) is 0 Å². The fraction of sp³-hybridized carbons (Fsp3) is 0.333. The van der Waals surface area contributed by atoms with Crippen molar-refractivity contribution in [2.75, 3.05) is 16.5 Å². The number of para-hydroxylation sites is 1. The number of rotatable bonds is 10. The molecular formula is C81H88N6O. The minimum absolute atomic E-state index is 0.00428. The van der Waals surface area contributed by atoms with E-state index in [9.17, 15) is 0 Å². The van der Waals surface area contributed by atoms with E-state index in [-0.39, 0.29) is 33.5 Å². The van der Waals surface area contributed by atoms with E-state index in [0.717, 1.165) is 87.7 Å². The summed E-state index contributed by atoms with van der Waals surface area (Å²) in [5, 5.41) is 2.33. The van der Waals surface area contributed by atoms with Gasteiger partial charge in [0.05, 0.1) is 39.1 Å². The van der Waals surface area contributed by atoms with Crippen LogP contribution in [-0.2, 0) is 34.6 Å². The van der Waals surface area contributed by atoms with Gasteiger partial charge in [-0.3, -0.25) is 4.57 Å². The normalized spacial score (nSPS) is 14.1. The van der Waals surface area contributed by atoms with Crippen LogP contribution in [-0.4, -0.2) is 25.8 Å². The predicted molar refractivity (Wildman–Crippen MR) is 373 cm³/mol. The second kappa shape index (κ2) is 21.7. The highest BCUT2D eigenvalue weighted by molar-refractivity contribution is 6.09. The zero-order chi connectivity index (χ0) is 61.9. The first-order valence-corrected chi connectivity index (χ1v) is 32.2. The molecular weight excluding hydrogens is 1070 g/mol. The topological polar surface area (TPSA) is 51.4 Å². The van der Waals surface area contributed by atoms with Gasteiger partial charge >= 0.3 is 0 Å². The van der Waals surface area contributed by atoms with E-state index in [4.69, 9.17) is 14.7 Å². The fourth-order valence-corrected chi connectivity index (χ4v) is 13.7. The van der Waals surface area contributed by atoms with Crippen LogP contribution in [0.2, 0.25) is 0 Å². The predicted octanol–water partition coefficient (Wildman–Crippen LogP) is 22.3. The Labute approximate surface area is 523 Å². The van der Waals surface area contributed by atoms with Crippen LogP contribution in [0.15, 0.2) is 170 Å². The number of nitrogens with zero attached hydrogens (tertiary/aromatic N) is 6. The van der Waals surface area contributed by atoms with Gasteiger partial charge in [0.25, 0.3) is 0 Å². The monoisotopic (exact) mass is 1160 g/mol. The van der Waals surface area contributed by atoms with E-state index in [1.54, 1.807) is 0 Å². The van der Waals surface area contributed by atoms with Crippen molar-refractivity contribution >= 4 is 55.6 Å². The van der Waals surface area contributed by atoms with Crippen molar-refractivity contribution in [1.29, 1.82) is 0 Å². The molecule has 0 N–H and O–H groups in total. The Morgan fingerprint density at radius 3 is 1.68 bits per heavy atom. The second-order valence-corrected chi connectivity index (χ2v) is 29.9. The number of hydrogen-bond acceptors (Lipinski definition) is 5. The molecule has 0 spiro atoms. The van der Waals surface area contributed by atoms with Crippen LogP contribution in [0.5, 0.6) is 11.5 Å². The fourth-order valence-electron chi connectivity index (χ4n) is 13.7. The van der Waals surface area contributed by atoms with Crippen LogP contribution in [0.3, 0.4) is 0 Å². The summed E-state index contributed by atoms with van der Waals surface area (Å²) < 4.78 is 12.2. The molecule has 7 heteroatoms. The van der Waals surface area contributed by atoms with Crippen LogP contribution in [0, 0.1) is 0 Å². The number of fused-ring (bicyclic) bond motifs is 7. The third-order valence-electron chi connectivity index (χ3n) is 18.8. The minimum Gasteiger partial charge on any atom is -0.457 e. The number of aromatic nitrogens is 4. The molecule has 0 fully saturated rings. The molecule has 0 saturated heterocycles. The van der Waals surface area contributed by atoms with E-state index in [0.29, 0.717) is 6.67 Å². The van der Waals surface area contributed by atoms with Gasteiger partial charge in [-0.1, -0.05) is 196 Å². The zero-order valence-corrected chi connectivity index (χ0v) is 54.9. The van der Waals surface area contributed by atoms with Crippen LogP contribution >= 0.6 is 0 Å². The standard InChI is InChI=1S/C81H88N6O/c1-50(2)62-23-21-24-63(51(3)4)76(62)54-40-59(45-61(41-54)88-60-35-36-65-64-22-17-18-25-69(64)87(70(65)46-60)75-44-57(37-38-82-75)80(11,12)13)85-49-86(73-48-71-68(47-72(73)85)83-74-26-19-20-39-84(71)74)77-66(52-27-31-55(32-28-52)78(5,6)7)42-58(81(14,15)16)43-67(77)53-29-33-56(34-30-53)79(8,9)10/h17-18,21-25,27-38,40-48,50-51H,19-20,26,39,49H2,1-16H3. The number of pyridine rings is 1. The summed E-state index contributed by atoms with van der Waals surface area (Å²) in [6.45, 7) is 38.5. The Balaban J connectivity index is 1.06. The summed E-state index contributed by atoms with van der Waals surface area (Å²) in [7, 11) is 0. The van der Waals surface area contributed by atoms with Gasteiger partial charge in [-0.15, -0.1) is 0 Å². The maximum Gasteiger partial charge on any atom is 0.137 e. The maximum atomic E-state index is 7.42. The summed E-state index contributed by atoms with van der Waals surface area (Å²) in [6.07, 6.45) is 5.22. The number of ether oxygens (including phenoxy) is 1. The molecule has 2 aliphatic heterocycles. The molecule has 3 aromatic heterocycles. The lowest BCUT2D eigenvalue weighted by Crippen LogP contribution is -2.25. The van der Waals surface area contributed by atoms with Crippen molar-refractivity contribution in [2.45, 2.75) is 170 Å². The molecule has 0 saturated carbocycles. The molecule has 0 amide bonds. The third kappa shape index (κ3) is 10.7. The molecule has 0 radical (unpaired) electrons. The quantitative estimate of drug-likeness (QED) is 0.137. The van der Waals surface area contributed by atoms with Gasteiger partial charge in [-0.05, 0) is 169 Å². The highest BCUT2D eigenvalue weighted by atomic mass is 16.5. The van der Waals surface area contributed by atoms with E-state index >= 15 is 0 Å². The van der Waals surface area contributed by atoms with Gasteiger partial charge in [0, 0.05) is 58.9 Å². The Morgan fingerprint density at radius 2 is 1.07 bits per heavy atom. The molecule has 2 aliphatic rings. The van der Waals surface area contributed by atoms with Crippen LogP contribution < -0.4 is 14.5 Å². The molecule has 7 nitrogen and oxygen atoms in total. The summed E-state index contributed by atoms with van der Waals surface area (Å²) in [5.74, 6) is 4.15. The summed E-state index contributed by atoms with van der Waals surface area (Å²) >= 11 is 0. The van der Waals surface area contributed by atoms with Gasteiger partial charge in [0.1, 0.15) is 29.8 Å². The number of aryl methyl sites for hydroxylation is 2. The average Bonchev–Trinajstić information content (AvgIpc) is 1.54. The van der Waals surface area contributed by atoms with Crippen molar-refractivity contribution in [3.8, 4) is 50.7 Å². The average molecular weight is 1160 g/mol. The Hall–Kier alpha value is -8.42. The number of hydrogen-bond donors (Lipinski definition) is 0. The number of anilines is 4. The van der Waals surface area contributed by atoms with E-state index < -0.39 is 0 Å². The van der Waals surface area contributed by atoms with Crippen molar-refractivity contribution in [3.05, 3.63) is 209 Å². The van der Waals surface area contributed by atoms with E-state index in [2.05, 4.69) is 294 Å². The molecule has 0 aliphatic carbocycles. The first kappa shape index (κ1) is 58.6. The number of benzene rings is 8. The molecule has 8 aromatic carbocycles. The highest BCUT2D eigenvalue weighted by Crippen LogP contribution is 2.54. The minimum atomic E-state index is -0.135. The van der Waals surface area contributed by atoms with Crippen LogP contribution in [0.4, 0.5) is 22.7 Å². The van der Waals surface area contributed by atoms with Gasteiger partial charge in [0.15, 0.2) is 0 Å². The lowest BCUT2D eigenvalue weighted by molar-refractivity contribution is 0.483. The Morgan fingerprint density at radius 1 is 0.466 bits per heavy atom. The summed E-state index contributed by atoms with van der Waals surface area (Å²) in [4.78, 5) is 15.7. The molecule has 88 heavy (non-hydrogen) atoms. The van der Waals surface area contributed by atoms with Crippen molar-refractivity contribution in [1.82, 2.24) is 19.1 Å². The van der Waals surface area contributed by atoms with Crippen molar-refractivity contribution in [2.24, 2.45) is 0 Å². The first-order chi connectivity index (χ1) is 41.8. The van der Waals surface area contributed by atoms with Gasteiger partial charge < -0.3 is 19.1 Å². The maximum absolute atomic E-state index is 7.42. The zero-order valence-electron chi connectivity index (χ0n) is 54.9. The molecule has 13 rings (SSSR count). The van der Waals surface area contributed by atoms with Crippen molar-refractivity contribution in [3.63, 3.8) is 0 Å². The molecule has 448 valence electrons. The lowest BCUT2D eigenvalue weighted by Gasteiger charge is -2.31. The molecule has 5 heterocycles. The van der Waals surface area contributed by atoms with Gasteiger partial charge in [-0.25, -0.2) is 9.97 Å². The van der Waals surface area contributed by atoms with E-state index in [1.165, 1.54) is 83.6 Å². The number of imidazole rings is 1. The summed E-state index contributed by atoms with van der Waals surface area (Å²) in [6, 6.07) is 62.2. The molecule has 11 aromatic rings. The van der Waals surface area contributed by atoms with Crippen LogP contribution in [0.25, 0.3) is 72.0 Å². The lowest BCUT2D eigenvalue weighted by atomic mass is 9.81. The summed E-state index contributed by atoms with van der Waals surface area (Å²) in [5.41, 5.74) is 23.7. The third-order valence-corrected chi connectivity index (χ3v) is 18.8. The SMILES string of the molecule is CC(C)c1cccc(C(C)C)c1-c1cc(Oc2ccc3c4ccccc4n(-c4cc(C(C)(C)C)ccn4)c3c2)cc(N2CN(c3c(-c4ccc(C(C)(C)C)cc4)cc(C(C)(C)C)cc3-c3ccc(C(C)(C)C)cc3)c3cc4c(cc32)nc2n4CCCC2)c1. The Bertz CT molecular complexity index is 4380. The molecule has 0 bridgehead atoms. The Kier molecular flexibility index (Phi) is 14.5. The van der Waals surface area contributed by atoms with E-state index in [1.807, 2.05) is 6.20 Å². The van der Waals surface area contributed by atoms with Crippen LogP contribution in [0.1, 0.15) is 175 Å². The molecule has 0 atom stereocenters. The van der Waals surface area contributed by atoms with Gasteiger partial charge in [-0.2, -0.15) is 0 Å². The largest absolute Gasteiger partial charge is 0.457 e.